The molecule has 2 N–H and O–H groups in total. The summed E-state index contributed by atoms with van der Waals surface area (Å²) in [5.74, 6) is -0.857. The van der Waals surface area contributed by atoms with Crippen molar-refractivity contribution in [2.45, 2.75) is 19.3 Å². The highest BCUT2D eigenvalue weighted by Gasteiger charge is 2.51. The maximum atomic E-state index is 13.5. The summed E-state index contributed by atoms with van der Waals surface area (Å²) in [6.45, 7) is 0.997. The molecule has 2 fully saturated rings. The van der Waals surface area contributed by atoms with E-state index >= 15 is 0 Å². The molecule has 23 heavy (non-hydrogen) atoms. The Bertz CT molecular complexity index is 664. The van der Waals surface area contributed by atoms with Crippen LogP contribution in [0.25, 0.3) is 0 Å². The maximum absolute atomic E-state index is 13.5. The Morgan fingerprint density at radius 3 is 2.83 bits per heavy atom. The Labute approximate surface area is 133 Å². The van der Waals surface area contributed by atoms with Gasteiger partial charge in [-0.3, -0.25) is 14.9 Å². The van der Waals surface area contributed by atoms with Gasteiger partial charge in [-0.1, -0.05) is 18.2 Å². The highest BCUT2D eigenvalue weighted by atomic mass is 19.1. The summed E-state index contributed by atoms with van der Waals surface area (Å²) < 4.78 is 13.5. The van der Waals surface area contributed by atoms with Gasteiger partial charge in [0.15, 0.2) is 0 Å². The molecule has 1 aromatic carbocycles. The highest BCUT2D eigenvalue weighted by Crippen LogP contribution is 2.37. The average Bonchev–Trinajstić information content (AvgIpc) is 3.05. The first kappa shape index (κ1) is 15.5. The number of imide groups is 1. The summed E-state index contributed by atoms with van der Waals surface area (Å²) in [5, 5.41) is 5.04. The molecule has 1 atom stereocenters. The standard InChI is InChI=1S/C16H18FN3O3/c17-12-4-2-1-3-11(12)5-7-18-15(23)20-8-6-16(10-20)9-13(21)19-14(16)22/h1-4H,5-10H2,(H,18,23)(H,19,21,22)/t16-/m0/s1. The van der Waals surface area contributed by atoms with Crippen LogP contribution in [0.1, 0.15) is 18.4 Å². The predicted molar refractivity (Wildman–Crippen MR) is 79.9 cm³/mol. The zero-order valence-corrected chi connectivity index (χ0v) is 12.6. The zero-order chi connectivity index (χ0) is 16.4. The van der Waals surface area contributed by atoms with E-state index in [9.17, 15) is 18.8 Å². The van der Waals surface area contributed by atoms with Gasteiger partial charge >= 0.3 is 6.03 Å². The molecule has 0 saturated carbocycles. The number of carbonyl (C=O) groups excluding carboxylic acids is 3. The van der Waals surface area contributed by atoms with E-state index in [0.717, 1.165) is 0 Å². The van der Waals surface area contributed by atoms with Crippen LogP contribution < -0.4 is 10.6 Å². The molecule has 7 heteroatoms. The van der Waals surface area contributed by atoms with Crippen LogP contribution in [0.15, 0.2) is 24.3 Å². The number of carbonyl (C=O) groups is 3. The summed E-state index contributed by atoms with van der Waals surface area (Å²) in [5.41, 5.74) is -0.216. The summed E-state index contributed by atoms with van der Waals surface area (Å²) in [6.07, 6.45) is 1.03. The monoisotopic (exact) mass is 319 g/mol. The topological polar surface area (TPSA) is 78.5 Å². The van der Waals surface area contributed by atoms with Crippen molar-refractivity contribution in [2.24, 2.45) is 5.41 Å². The first-order chi connectivity index (χ1) is 11.0. The molecule has 4 amide bonds. The number of rotatable bonds is 3. The molecule has 122 valence electrons. The lowest BCUT2D eigenvalue weighted by molar-refractivity contribution is -0.128. The Hall–Kier alpha value is -2.44. The van der Waals surface area contributed by atoms with Crippen molar-refractivity contribution < 1.29 is 18.8 Å². The van der Waals surface area contributed by atoms with Gasteiger partial charge in [0.1, 0.15) is 5.82 Å². The van der Waals surface area contributed by atoms with Crippen molar-refractivity contribution >= 4 is 17.8 Å². The van der Waals surface area contributed by atoms with E-state index in [-0.39, 0.29) is 36.6 Å². The summed E-state index contributed by atoms with van der Waals surface area (Å²) >= 11 is 0. The van der Waals surface area contributed by atoms with Crippen molar-refractivity contribution in [3.05, 3.63) is 35.6 Å². The minimum absolute atomic E-state index is 0.144. The van der Waals surface area contributed by atoms with Crippen LogP contribution in [0.2, 0.25) is 0 Å². The molecule has 0 radical (unpaired) electrons. The van der Waals surface area contributed by atoms with Gasteiger partial charge in [0, 0.05) is 26.1 Å². The molecular weight excluding hydrogens is 301 g/mol. The highest BCUT2D eigenvalue weighted by molar-refractivity contribution is 6.06. The van der Waals surface area contributed by atoms with Gasteiger partial charge in [-0.05, 0) is 24.5 Å². The minimum atomic E-state index is -0.764. The van der Waals surface area contributed by atoms with Gasteiger partial charge in [0.25, 0.3) is 0 Å². The van der Waals surface area contributed by atoms with E-state index in [2.05, 4.69) is 10.6 Å². The molecule has 0 bridgehead atoms. The number of nitrogens with one attached hydrogen (secondary N) is 2. The average molecular weight is 319 g/mol. The van der Waals surface area contributed by atoms with E-state index in [0.29, 0.717) is 31.5 Å². The molecule has 2 heterocycles. The van der Waals surface area contributed by atoms with Gasteiger partial charge in [-0.25, -0.2) is 9.18 Å². The molecule has 0 aromatic heterocycles. The minimum Gasteiger partial charge on any atom is -0.338 e. The van der Waals surface area contributed by atoms with Crippen molar-refractivity contribution in [3.63, 3.8) is 0 Å². The van der Waals surface area contributed by atoms with Crippen LogP contribution in [0.3, 0.4) is 0 Å². The number of benzene rings is 1. The summed E-state index contributed by atoms with van der Waals surface area (Å²) in [6, 6.07) is 6.15. The Morgan fingerprint density at radius 1 is 1.35 bits per heavy atom. The second kappa shape index (κ2) is 5.98. The van der Waals surface area contributed by atoms with Crippen LogP contribution >= 0.6 is 0 Å². The molecule has 1 aromatic rings. The fraction of sp³-hybridized carbons (Fsp3) is 0.438. The Morgan fingerprint density at radius 2 is 2.13 bits per heavy atom. The van der Waals surface area contributed by atoms with Gasteiger partial charge < -0.3 is 10.2 Å². The summed E-state index contributed by atoms with van der Waals surface area (Å²) in [4.78, 5) is 36.9. The fourth-order valence-corrected chi connectivity index (χ4v) is 3.18. The lowest BCUT2D eigenvalue weighted by atomic mass is 9.85. The van der Waals surface area contributed by atoms with Crippen LogP contribution in [0, 0.1) is 11.2 Å². The fourth-order valence-electron chi connectivity index (χ4n) is 3.18. The molecule has 2 aliphatic rings. The number of likely N-dealkylation sites (tertiary alicyclic amines) is 1. The SMILES string of the molecule is O=C1C[C@]2(CCN(C(=O)NCCc3ccccc3F)C2)C(=O)N1. The van der Waals surface area contributed by atoms with Crippen LogP contribution in [0.4, 0.5) is 9.18 Å². The Balaban J connectivity index is 1.51. The second-order valence-electron chi connectivity index (χ2n) is 6.08. The lowest BCUT2D eigenvalue weighted by Crippen LogP contribution is -2.42. The third-order valence-corrected chi connectivity index (χ3v) is 4.50. The maximum Gasteiger partial charge on any atom is 0.317 e. The number of amides is 4. The van der Waals surface area contributed by atoms with E-state index in [1.165, 1.54) is 6.07 Å². The number of halogens is 1. The van der Waals surface area contributed by atoms with Gasteiger partial charge in [0.05, 0.1) is 5.41 Å². The largest absolute Gasteiger partial charge is 0.338 e. The number of hydrogen-bond acceptors (Lipinski definition) is 3. The van der Waals surface area contributed by atoms with Crippen LogP contribution in [0.5, 0.6) is 0 Å². The first-order valence-corrected chi connectivity index (χ1v) is 7.61. The van der Waals surface area contributed by atoms with E-state index in [1.807, 2.05) is 0 Å². The molecule has 6 nitrogen and oxygen atoms in total. The molecule has 1 spiro atoms. The third kappa shape index (κ3) is 3.04. The van der Waals surface area contributed by atoms with E-state index in [4.69, 9.17) is 0 Å². The Kier molecular flexibility index (Phi) is 4.02. The zero-order valence-electron chi connectivity index (χ0n) is 12.6. The van der Waals surface area contributed by atoms with Crippen molar-refractivity contribution in [1.82, 2.24) is 15.5 Å². The number of hydrogen-bond donors (Lipinski definition) is 2. The quantitative estimate of drug-likeness (QED) is 0.810. The molecule has 2 aliphatic heterocycles. The van der Waals surface area contributed by atoms with E-state index < -0.39 is 5.41 Å². The molecule has 2 saturated heterocycles. The van der Waals surface area contributed by atoms with Crippen LogP contribution in [-0.2, 0) is 16.0 Å². The molecule has 3 rings (SSSR count). The number of nitrogens with zero attached hydrogens (tertiary/aromatic N) is 1. The van der Waals surface area contributed by atoms with Crippen molar-refractivity contribution in [1.29, 1.82) is 0 Å². The molecule has 0 unspecified atom stereocenters. The summed E-state index contributed by atoms with van der Waals surface area (Å²) in [7, 11) is 0. The smallest absolute Gasteiger partial charge is 0.317 e. The predicted octanol–water partition coefficient (Wildman–Crippen LogP) is 0.816. The molecule has 0 aliphatic carbocycles. The van der Waals surface area contributed by atoms with Crippen molar-refractivity contribution in [3.8, 4) is 0 Å². The number of urea groups is 1. The third-order valence-electron chi connectivity index (χ3n) is 4.50. The van der Waals surface area contributed by atoms with Crippen LogP contribution in [-0.4, -0.2) is 42.4 Å². The van der Waals surface area contributed by atoms with Crippen molar-refractivity contribution in [2.75, 3.05) is 19.6 Å². The lowest BCUT2D eigenvalue weighted by Gasteiger charge is -2.20. The van der Waals surface area contributed by atoms with Gasteiger partial charge in [-0.2, -0.15) is 0 Å². The normalized spacial score (nSPS) is 23.4. The van der Waals surface area contributed by atoms with Gasteiger partial charge in [0.2, 0.25) is 11.8 Å². The van der Waals surface area contributed by atoms with Gasteiger partial charge in [-0.15, -0.1) is 0 Å². The first-order valence-electron chi connectivity index (χ1n) is 7.61. The second-order valence-corrected chi connectivity index (χ2v) is 6.08. The molecular formula is C16H18FN3O3. The van der Waals surface area contributed by atoms with E-state index in [1.54, 1.807) is 23.1 Å².